The van der Waals surface area contributed by atoms with Gasteiger partial charge in [0.05, 0.1) is 0 Å². The van der Waals surface area contributed by atoms with Gasteiger partial charge in [0.2, 0.25) is 5.91 Å². The molecule has 0 radical (unpaired) electrons. The summed E-state index contributed by atoms with van der Waals surface area (Å²) in [5.74, 6) is 1.63. The maximum atomic E-state index is 12.6. The van der Waals surface area contributed by atoms with Gasteiger partial charge in [0.1, 0.15) is 0 Å². The third-order valence-corrected chi connectivity index (χ3v) is 5.15. The lowest BCUT2D eigenvalue weighted by Crippen LogP contribution is -2.55. The molecule has 2 aliphatic heterocycles. The maximum Gasteiger partial charge on any atom is 0.225 e. The number of halogens is 2. The number of likely N-dealkylation sites (tertiary alicyclic amines) is 1. The smallest absolute Gasteiger partial charge is 0.225 e. The molecule has 3 unspecified atom stereocenters. The molecule has 0 bridgehead atoms. The largest absolute Gasteiger partial charge is 0.342 e. The summed E-state index contributed by atoms with van der Waals surface area (Å²) in [4.78, 5) is 17.1. The van der Waals surface area contributed by atoms with Crippen molar-refractivity contribution in [1.29, 1.82) is 0 Å². The summed E-state index contributed by atoms with van der Waals surface area (Å²) in [7, 11) is 2.01. The van der Waals surface area contributed by atoms with Crippen molar-refractivity contribution < 1.29 is 4.79 Å². The highest BCUT2D eigenvalue weighted by atomic mass is 35.5. The van der Waals surface area contributed by atoms with Crippen LogP contribution in [-0.4, -0.2) is 61.5 Å². The first kappa shape index (κ1) is 21.0. The minimum atomic E-state index is 0. The predicted molar refractivity (Wildman–Crippen MR) is 92.5 cm³/mol. The fourth-order valence-electron chi connectivity index (χ4n) is 3.43. The molecular weight excluding hydrogens is 309 g/mol. The Morgan fingerprint density at radius 2 is 2.00 bits per heavy atom. The molecule has 6 heteroatoms. The fourth-order valence-corrected chi connectivity index (χ4v) is 3.43. The highest BCUT2D eigenvalue weighted by Gasteiger charge is 2.35. The van der Waals surface area contributed by atoms with E-state index in [1.807, 2.05) is 11.9 Å². The number of hydrogen-bond acceptors (Lipinski definition) is 3. The van der Waals surface area contributed by atoms with Crippen LogP contribution in [0.5, 0.6) is 0 Å². The van der Waals surface area contributed by atoms with Crippen LogP contribution in [0.15, 0.2) is 0 Å². The monoisotopic (exact) mass is 339 g/mol. The van der Waals surface area contributed by atoms with Crippen molar-refractivity contribution in [2.24, 2.45) is 17.8 Å². The second kappa shape index (κ2) is 9.19. The molecule has 2 rings (SSSR count). The molecule has 126 valence electrons. The highest BCUT2D eigenvalue weighted by molar-refractivity contribution is 5.85. The van der Waals surface area contributed by atoms with E-state index in [9.17, 15) is 4.79 Å². The molecule has 0 saturated carbocycles. The predicted octanol–water partition coefficient (Wildman–Crippen LogP) is 1.87. The molecule has 2 saturated heterocycles. The molecule has 2 aliphatic rings. The molecule has 21 heavy (non-hydrogen) atoms. The first-order valence-electron chi connectivity index (χ1n) is 7.74. The van der Waals surface area contributed by atoms with Gasteiger partial charge in [-0.15, -0.1) is 24.8 Å². The Bertz CT molecular complexity index is 326. The van der Waals surface area contributed by atoms with Gasteiger partial charge >= 0.3 is 0 Å². The van der Waals surface area contributed by atoms with Crippen molar-refractivity contribution >= 4 is 30.7 Å². The number of rotatable bonds is 4. The van der Waals surface area contributed by atoms with E-state index in [0.29, 0.717) is 23.8 Å². The van der Waals surface area contributed by atoms with Crippen molar-refractivity contribution in [3.63, 3.8) is 0 Å². The Kier molecular flexibility index (Phi) is 9.17. The third kappa shape index (κ3) is 4.72. The molecule has 0 spiro atoms. The summed E-state index contributed by atoms with van der Waals surface area (Å²) in [5, 5.41) is 3.26. The Labute approximate surface area is 141 Å². The molecule has 3 atom stereocenters. The molecule has 0 aromatic rings. The zero-order chi connectivity index (χ0) is 14.0. The molecule has 0 aromatic heterocycles. The minimum absolute atomic E-state index is 0. The number of hydrogen-bond donors (Lipinski definition) is 1. The van der Waals surface area contributed by atoms with Crippen LogP contribution >= 0.6 is 24.8 Å². The van der Waals surface area contributed by atoms with Gasteiger partial charge in [-0.3, -0.25) is 4.79 Å². The molecule has 2 fully saturated rings. The lowest BCUT2D eigenvalue weighted by atomic mass is 9.86. The van der Waals surface area contributed by atoms with Crippen LogP contribution in [-0.2, 0) is 4.79 Å². The zero-order valence-electron chi connectivity index (χ0n) is 13.7. The summed E-state index contributed by atoms with van der Waals surface area (Å²) in [6.07, 6.45) is 1.12. The van der Waals surface area contributed by atoms with Crippen molar-refractivity contribution in [2.75, 3.05) is 39.8 Å². The van der Waals surface area contributed by atoms with Gasteiger partial charge in [0.25, 0.3) is 0 Å². The van der Waals surface area contributed by atoms with Crippen molar-refractivity contribution in [2.45, 2.75) is 33.2 Å². The molecular formula is C15H31Cl2N3O. The van der Waals surface area contributed by atoms with Gasteiger partial charge in [0, 0.05) is 32.1 Å². The molecule has 0 aliphatic carbocycles. The van der Waals surface area contributed by atoms with Crippen LogP contribution in [0.4, 0.5) is 0 Å². The van der Waals surface area contributed by atoms with Gasteiger partial charge in [-0.1, -0.05) is 20.8 Å². The summed E-state index contributed by atoms with van der Waals surface area (Å²) in [5.41, 5.74) is 0. The third-order valence-electron chi connectivity index (χ3n) is 5.15. The zero-order valence-corrected chi connectivity index (χ0v) is 15.3. The molecule has 1 amide bonds. The van der Waals surface area contributed by atoms with E-state index in [4.69, 9.17) is 0 Å². The van der Waals surface area contributed by atoms with Crippen LogP contribution in [0, 0.1) is 17.8 Å². The van der Waals surface area contributed by atoms with Gasteiger partial charge in [0.15, 0.2) is 0 Å². The minimum Gasteiger partial charge on any atom is -0.342 e. The Morgan fingerprint density at radius 3 is 2.43 bits per heavy atom. The van der Waals surface area contributed by atoms with Crippen LogP contribution < -0.4 is 5.32 Å². The number of amides is 1. The highest BCUT2D eigenvalue weighted by Crippen LogP contribution is 2.25. The van der Waals surface area contributed by atoms with E-state index >= 15 is 0 Å². The maximum absolute atomic E-state index is 12.6. The quantitative estimate of drug-likeness (QED) is 0.849. The van der Waals surface area contributed by atoms with Crippen LogP contribution in [0.3, 0.4) is 0 Å². The lowest BCUT2D eigenvalue weighted by Gasteiger charge is -2.43. The Hall–Kier alpha value is -0.0300. The molecule has 0 aromatic carbocycles. The molecule has 2 heterocycles. The Balaban J connectivity index is 0.00000200. The van der Waals surface area contributed by atoms with Gasteiger partial charge in [-0.2, -0.15) is 0 Å². The van der Waals surface area contributed by atoms with Crippen LogP contribution in [0.25, 0.3) is 0 Å². The van der Waals surface area contributed by atoms with E-state index in [1.165, 1.54) is 0 Å². The second-order valence-corrected chi connectivity index (χ2v) is 6.38. The van der Waals surface area contributed by atoms with E-state index in [0.717, 1.165) is 39.1 Å². The van der Waals surface area contributed by atoms with Gasteiger partial charge in [-0.05, 0) is 37.9 Å². The number of nitrogens with zero attached hydrogens (tertiary/aromatic N) is 2. The van der Waals surface area contributed by atoms with Crippen molar-refractivity contribution in [3.05, 3.63) is 0 Å². The van der Waals surface area contributed by atoms with E-state index < -0.39 is 0 Å². The summed E-state index contributed by atoms with van der Waals surface area (Å²) < 4.78 is 0. The molecule has 4 nitrogen and oxygen atoms in total. The van der Waals surface area contributed by atoms with E-state index in [2.05, 4.69) is 31.0 Å². The first-order chi connectivity index (χ1) is 9.04. The standard InChI is InChI=1S/C15H29N3O.2ClH/c1-5-18-7-6-14(11(2)10-18)17(4)15(19)12(3)13-8-16-9-13;;/h11-14,16H,5-10H2,1-4H3;2*1H. The second-order valence-electron chi connectivity index (χ2n) is 6.38. The van der Waals surface area contributed by atoms with E-state index in [-0.39, 0.29) is 30.7 Å². The van der Waals surface area contributed by atoms with Crippen LogP contribution in [0.2, 0.25) is 0 Å². The average molecular weight is 340 g/mol. The Morgan fingerprint density at radius 1 is 1.38 bits per heavy atom. The van der Waals surface area contributed by atoms with Crippen molar-refractivity contribution in [1.82, 2.24) is 15.1 Å². The number of carbonyl (C=O) groups excluding carboxylic acids is 1. The fraction of sp³-hybridized carbons (Fsp3) is 0.933. The normalized spacial score (nSPS) is 27.8. The lowest BCUT2D eigenvalue weighted by molar-refractivity contribution is -0.140. The SMILES string of the molecule is CCN1CCC(N(C)C(=O)C(C)C2CNC2)C(C)C1.Cl.Cl. The van der Waals surface area contributed by atoms with Gasteiger partial charge < -0.3 is 15.1 Å². The number of piperidine rings is 1. The van der Waals surface area contributed by atoms with E-state index in [1.54, 1.807) is 0 Å². The van der Waals surface area contributed by atoms with Crippen LogP contribution in [0.1, 0.15) is 27.2 Å². The topological polar surface area (TPSA) is 35.6 Å². The number of nitrogens with one attached hydrogen (secondary N) is 1. The average Bonchev–Trinajstić information content (AvgIpc) is 2.34. The first-order valence-corrected chi connectivity index (χ1v) is 7.74. The summed E-state index contributed by atoms with van der Waals surface area (Å²) in [6.45, 7) is 12.0. The molecule has 1 N–H and O–H groups in total. The van der Waals surface area contributed by atoms with Gasteiger partial charge in [-0.25, -0.2) is 0 Å². The van der Waals surface area contributed by atoms with Crippen molar-refractivity contribution in [3.8, 4) is 0 Å². The number of carbonyl (C=O) groups is 1. The summed E-state index contributed by atoms with van der Waals surface area (Å²) >= 11 is 0. The summed E-state index contributed by atoms with van der Waals surface area (Å²) in [6, 6.07) is 0.422.